The molecule has 0 radical (unpaired) electrons. The first-order valence-electron chi connectivity index (χ1n) is 8.98. The maximum Gasteiger partial charge on any atom is 0.223 e. The van der Waals surface area contributed by atoms with Gasteiger partial charge in [-0.15, -0.1) is 24.8 Å². The summed E-state index contributed by atoms with van der Waals surface area (Å²) in [6, 6.07) is 14.2. The Morgan fingerprint density at radius 3 is 2.30 bits per heavy atom. The molecule has 0 saturated carbocycles. The van der Waals surface area contributed by atoms with Crippen LogP contribution in [0.2, 0.25) is 0 Å². The molecule has 0 spiro atoms. The molecular formula is C21H29Cl2N3O. The highest BCUT2D eigenvalue weighted by molar-refractivity contribution is 5.85. The summed E-state index contributed by atoms with van der Waals surface area (Å²) in [7, 11) is 0. The molecule has 0 aromatic heterocycles. The van der Waals surface area contributed by atoms with Gasteiger partial charge in [-0.1, -0.05) is 30.3 Å². The number of halogens is 2. The number of rotatable bonds is 4. The summed E-state index contributed by atoms with van der Waals surface area (Å²) >= 11 is 0. The second kappa shape index (κ2) is 10.4. The number of piperazine rings is 1. The molecule has 2 aromatic rings. The Morgan fingerprint density at radius 1 is 0.963 bits per heavy atom. The van der Waals surface area contributed by atoms with Crippen molar-refractivity contribution < 1.29 is 4.79 Å². The zero-order chi connectivity index (χ0) is 17.8. The highest BCUT2D eigenvalue weighted by Crippen LogP contribution is 2.24. The third-order valence-electron chi connectivity index (χ3n) is 5.21. The zero-order valence-electron chi connectivity index (χ0n) is 16.0. The third-order valence-corrected chi connectivity index (χ3v) is 5.21. The van der Waals surface area contributed by atoms with Crippen LogP contribution in [0.1, 0.15) is 23.1 Å². The summed E-state index contributed by atoms with van der Waals surface area (Å²) in [6.45, 7) is 7.68. The number of aryl methyl sites for hydroxylation is 2. The Bertz CT molecular complexity index is 759. The van der Waals surface area contributed by atoms with Crippen molar-refractivity contribution in [3.05, 3.63) is 59.2 Å². The van der Waals surface area contributed by atoms with Crippen LogP contribution in [-0.2, 0) is 11.2 Å². The molecule has 4 nitrogen and oxygen atoms in total. The number of carbonyl (C=O) groups is 1. The highest BCUT2D eigenvalue weighted by atomic mass is 35.5. The highest BCUT2D eigenvalue weighted by Gasteiger charge is 2.22. The number of hydrogen-bond donors (Lipinski definition) is 1. The fourth-order valence-electron chi connectivity index (χ4n) is 3.44. The van der Waals surface area contributed by atoms with Gasteiger partial charge in [-0.2, -0.15) is 0 Å². The zero-order valence-corrected chi connectivity index (χ0v) is 17.6. The van der Waals surface area contributed by atoms with E-state index in [1.54, 1.807) is 0 Å². The van der Waals surface area contributed by atoms with Gasteiger partial charge in [-0.05, 0) is 49.1 Å². The number of benzene rings is 2. The summed E-state index contributed by atoms with van der Waals surface area (Å²) in [5.41, 5.74) is 11.7. The van der Waals surface area contributed by atoms with Crippen molar-refractivity contribution in [2.45, 2.75) is 26.7 Å². The van der Waals surface area contributed by atoms with Crippen LogP contribution in [-0.4, -0.2) is 37.0 Å². The predicted molar refractivity (Wildman–Crippen MR) is 118 cm³/mol. The second-order valence-corrected chi connectivity index (χ2v) is 6.79. The number of nitrogens with zero attached hydrogens (tertiary/aromatic N) is 2. The lowest BCUT2D eigenvalue weighted by molar-refractivity contribution is -0.131. The summed E-state index contributed by atoms with van der Waals surface area (Å²) in [6.07, 6.45) is 1.24. The average molecular weight is 410 g/mol. The molecule has 0 unspecified atom stereocenters. The molecule has 27 heavy (non-hydrogen) atoms. The van der Waals surface area contributed by atoms with Gasteiger partial charge in [-0.3, -0.25) is 4.79 Å². The average Bonchev–Trinajstić information content (AvgIpc) is 2.63. The lowest BCUT2D eigenvalue weighted by atomic mass is 10.1. The van der Waals surface area contributed by atoms with E-state index in [1.165, 1.54) is 16.8 Å². The van der Waals surface area contributed by atoms with Crippen molar-refractivity contribution in [2.24, 2.45) is 0 Å². The normalized spacial score (nSPS) is 13.6. The van der Waals surface area contributed by atoms with Crippen LogP contribution in [0.5, 0.6) is 0 Å². The van der Waals surface area contributed by atoms with Crippen LogP contribution in [0, 0.1) is 13.8 Å². The van der Waals surface area contributed by atoms with E-state index in [1.807, 2.05) is 29.2 Å². The maximum atomic E-state index is 12.5. The molecule has 148 valence electrons. The number of nitrogens with two attached hydrogens (primary N) is 1. The van der Waals surface area contributed by atoms with E-state index in [2.05, 4.69) is 36.9 Å². The number of nitrogen functional groups attached to an aromatic ring is 1. The molecular weight excluding hydrogens is 381 g/mol. The van der Waals surface area contributed by atoms with Crippen LogP contribution in [0.25, 0.3) is 0 Å². The van der Waals surface area contributed by atoms with Gasteiger partial charge in [0.25, 0.3) is 0 Å². The number of anilines is 2. The predicted octanol–water partition coefficient (Wildman–Crippen LogP) is 4.01. The standard InChI is InChI=1S/C21H27N3O.2ClH/c1-16-6-5-9-20(17(16)2)23-12-14-24(15-13-23)21(25)11-10-18-7-3-4-8-19(18)22;;/h3-9H,10-15,22H2,1-2H3;2*1H. The Kier molecular flexibility index (Phi) is 8.94. The van der Waals surface area contributed by atoms with Crippen LogP contribution in [0.4, 0.5) is 11.4 Å². The largest absolute Gasteiger partial charge is 0.399 e. The SMILES string of the molecule is Cc1cccc(N2CCN(C(=O)CCc3ccccc3N)CC2)c1C.Cl.Cl. The van der Waals surface area contributed by atoms with Crippen LogP contribution in [0.15, 0.2) is 42.5 Å². The number of para-hydroxylation sites is 1. The number of amides is 1. The van der Waals surface area contributed by atoms with Crippen LogP contribution in [0.3, 0.4) is 0 Å². The van der Waals surface area contributed by atoms with Gasteiger partial charge in [0.1, 0.15) is 0 Å². The Balaban J connectivity index is 0.00000182. The minimum atomic E-state index is 0. The summed E-state index contributed by atoms with van der Waals surface area (Å²) < 4.78 is 0. The van der Waals surface area contributed by atoms with E-state index < -0.39 is 0 Å². The summed E-state index contributed by atoms with van der Waals surface area (Å²) in [5, 5.41) is 0. The van der Waals surface area contributed by atoms with Gasteiger partial charge in [0.2, 0.25) is 5.91 Å². The van der Waals surface area contributed by atoms with E-state index in [9.17, 15) is 4.79 Å². The number of carbonyl (C=O) groups excluding carboxylic acids is 1. The van der Waals surface area contributed by atoms with Gasteiger partial charge >= 0.3 is 0 Å². The Labute approximate surface area is 174 Å². The van der Waals surface area contributed by atoms with Crippen molar-refractivity contribution in [1.82, 2.24) is 4.90 Å². The minimum Gasteiger partial charge on any atom is -0.399 e. The van der Waals surface area contributed by atoms with Crippen LogP contribution < -0.4 is 10.6 Å². The van der Waals surface area contributed by atoms with Crippen LogP contribution >= 0.6 is 24.8 Å². The molecule has 1 saturated heterocycles. The topological polar surface area (TPSA) is 49.6 Å². The lowest BCUT2D eigenvalue weighted by Crippen LogP contribution is -2.49. The van der Waals surface area contributed by atoms with Crippen molar-refractivity contribution in [1.29, 1.82) is 0 Å². The summed E-state index contributed by atoms with van der Waals surface area (Å²) in [4.78, 5) is 16.9. The van der Waals surface area contributed by atoms with E-state index in [0.29, 0.717) is 12.8 Å². The molecule has 0 bridgehead atoms. The molecule has 1 amide bonds. The van der Waals surface area contributed by atoms with Crippen molar-refractivity contribution in [3.8, 4) is 0 Å². The first-order valence-corrected chi connectivity index (χ1v) is 8.98. The monoisotopic (exact) mass is 409 g/mol. The van der Waals surface area contributed by atoms with E-state index in [0.717, 1.165) is 37.4 Å². The fraction of sp³-hybridized carbons (Fsp3) is 0.381. The quantitative estimate of drug-likeness (QED) is 0.775. The molecule has 1 aliphatic heterocycles. The van der Waals surface area contributed by atoms with Gasteiger partial charge < -0.3 is 15.5 Å². The molecule has 1 fully saturated rings. The minimum absolute atomic E-state index is 0. The van der Waals surface area contributed by atoms with Gasteiger partial charge in [-0.25, -0.2) is 0 Å². The fourth-order valence-corrected chi connectivity index (χ4v) is 3.44. The van der Waals surface area contributed by atoms with Crippen molar-refractivity contribution in [3.63, 3.8) is 0 Å². The first kappa shape index (κ1) is 23.1. The lowest BCUT2D eigenvalue weighted by Gasteiger charge is -2.37. The first-order chi connectivity index (χ1) is 12.1. The number of hydrogen-bond acceptors (Lipinski definition) is 3. The van der Waals surface area contributed by atoms with Crippen molar-refractivity contribution >= 4 is 42.1 Å². The van der Waals surface area contributed by atoms with Crippen molar-refractivity contribution in [2.75, 3.05) is 36.8 Å². The second-order valence-electron chi connectivity index (χ2n) is 6.79. The molecule has 3 rings (SSSR count). The maximum absolute atomic E-state index is 12.5. The van der Waals surface area contributed by atoms with E-state index >= 15 is 0 Å². The van der Waals surface area contributed by atoms with Gasteiger partial charge in [0, 0.05) is 44.0 Å². The molecule has 1 aliphatic rings. The molecule has 2 N–H and O–H groups in total. The third kappa shape index (κ3) is 5.53. The molecule has 6 heteroatoms. The Morgan fingerprint density at radius 2 is 1.63 bits per heavy atom. The molecule has 0 aliphatic carbocycles. The van der Waals surface area contributed by atoms with E-state index in [4.69, 9.17) is 5.73 Å². The Hall–Kier alpha value is -1.91. The summed E-state index contributed by atoms with van der Waals surface area (Å²) in [5.74, 6) is 0.226. The van der Waals surface area contributed by atoms with E-state index in [-0.39, 0.29) is 30.7 Å². The van der Waals surface area contributed by atoms with Gasteiger partial charge in [0.05, 0.1) is 0 Å². The molecule has 0 atom stereocenters. The molecule has 1 heterocycles. The molecule has 2 aromatic carbocycles. The van der Waals surface area contributed by atoms with Gasteiger partial charge in [0.15, 0.2) is 0 Å². The smallest absolute Gasteiger partial charge is 0.223 e.